The fourth-order valence-corrected chi connectivity index (χ4v) is 4.15. The number of benzene rings is 1. The summed E-state index contributed by atoms with van der Waals surface area (Å²) in [6.07, 6.45) is 1.75. The minimum absolute atomic E-state index is 0.0482. The molecule has 1 amide bonds. The van der Waals surface area contributed by atoms with Gasteiger partial charge in [0.15, 0.2) is 16.3 Å². The molecule has 11 heteroatoms. The second-order valence-corrected chi connectivity index (χ2v) is 8.44. The Bertz CT molecular complexity index is 1230. The normalized spacial score (nSPS) is 11.2. The third-order valence-corrected chi connectivity index (χ3v) is 6.40. The summed E-state index contributed by atoms with van der Waals surface area (Å²) in [6, 6.07) is 4.99. The van der Waals surface area contributed by atoms with Gasteiger partial charge < -0.3 is 9.88 Å². The van der Waals surface area contributed by atoms with E-state index >= 15 is 0 Å². The number of carbonyl (C=O) groups is 1. The Morgan fingerprint density at radius 3 is 2.63 bits per heavy atom. The van der Waals surface area contributed by atoms with E-state index in [0.717, 1.165) is 17.4 Å². The third-order valence-electron chi connectivity index (χ3n) is 4.61. The fraction of sp³-hybridized carbons (Fsp3) is 0.368. The smallest absolute Gasteiger partial charge is 0.324 e. The number of unbranched alkanes of at least 4 members (excludes halogenated alkanes) is 1. The highest BCUT2D eigenvalue weighted by atomic mass is 35.5. The second-order valence-electron chi connectivity index (χ2n) is 6.72. The van der Waals surface area contributed by atoms with Crippen molar-refractivity contribution in [2.45, 2.75) is 31.5 Å². The summed E-state index contributed by atoms with van der Waals surface area (Å²) in [6.45, 7) is 2.60. The van der Waals surface area contributed by atoms with Crippen LogP contribution in [0.5, 0.6) is 0 Å². The molecule has 1 N–H and O–H groups in total. The number of rotatable bonds is 7. The molecular weight excluding hydrogens is 449 g/mol. The third kappa shape index (κ3) is 4.28. The maximum absolute atomic E-state index is 12.7. The Morgan fingerprint density at radius 1 is 1.20 bits per heavy atom. The number of anilines is 1. The summed E-state index contributed by atoms with van der Waals surface area (Å²) in [5.74, 6) is -0.243. The number of imidazole rings is 1. The zero-order chi connectivity index (χ0) is 22.0. The van der Waals surface area contributed by atoms with Gasteiger partial charge in [0.25, 0.3) is 5.56 Å². The van der Waals surface area contributed by atoms with Gasteiger partial charge in [-0.15, -0.1) is 0 Å². The van der Waals surface area contributed by atoms with Crippen LogP contribution in [0.15, 0.2) is 32.9 Å². The molecule has 0 aliphatic rings. The predicted octanol–water partition coefficient (Wildman–Crippen LogP) is 3.27. The van der Waals surface area contributed by atoms with Crippen LogP contribution < -0.4 is 16.6 Å². The molecule has 0 spiro atoms. The first-order chi connectivity index (χ1) is 14.3. The van der Waals surface area contributed by atoms with E-state index in [1.54, 1.807) is 29.8 Å². The molecular formula is C19H21Cl2N5O3S. The molecule has 3 rings (SSSR count). The van der Waals surface area contributed by atoms with Crippen LogP contribution in [-0.2, 0) is 25.4 Å². The highest BCUT2D eigenvalue weighted by Gasteiger charge is 2.20. The van der Waals surface area contributed by atoms with Gasteiger partial charge in [-0.3, -0.25) is 18.7 Å². The summed E-state index contributed by atoms with van der Waals surface area (Å²) in [4.78, 5) is 41.9. The Balaban J connectivity index is 1.91. The number of halogens is 2. The minimum atomic E-state index is -0.447. The average Bonchev–Trinajstić information content (AvgIpc) is 3.09. The van der Waals surface area contributed by atoms with Crippen molar-refractivity contribution in [3.63, 3.8) is 0 Å². The van der Waals surface area contributed by atoms with Crippen LogP contribution in [0.4, 0.5) is 5.69 Å². The van der Waals surface area contributed by atoms with Crippen molar-refractivity contribution in [1.82, 2.24) is 18.7 Å². The van der Waals surface area contributed by atoms with Gasteiger partial charge in [-0.05, 0) is 18.6 Å². The number of thioether (sulfide) groups is 1. The van der Waals surface area contributed by atoms with E-state index < -0.39 is 11.2 Å². The van der Waals surface area contributed by atoms with E-state index in [2.05, 4.69) is 10.3 Å². The average molecular weight is 470 g/mol. The molecule has 0 aliphatic carbocycles. The SMILES string of the molecule is CCCCn1c(SCC(=O)Nc2cccc(Cl)c2Cl)nc2c1c(=O)n(C)c(=O)n2C. The molecule has 1 aromatic carbocycles. The van der Waals surface area contributed by atoms with Crippen molar-refractivity contribution < 1.29 is 4.79 Å². The first-order valence-electron chi connectivity index (χ1n) is 9.29. The van der Waals surface area contributed by atoms with Gasteiger partial charge in [0.1, 0.15) is 0 Å². The molecule has 0 saturated carbocycles. The standard InChI is InChI=1S/C19H21Cl2N5O3S/c1-4-5-9-26-15-16(24(2)19(29)25(3)17(15)28)23-18(26)30-10-13(27)22-12-8-6-7-11(20)14(12)21/h6-8H,4-5,9-10H2,1-3H3,(H,22,27). The predicted molar refractivity (Wildman–Crippen MR) is 121 cm³/mol. The van der Waals surface area contributed by atoms with Crippen LogP contribution in [0.1, 0.15) is 19.8 Å². The summed E-state index contributed by atoms with van der Waals surface area (Å²) < 4.78 is 4.19. The minimum Gasteiger partial charge on any atom is -0.324 e. The Hall–Kier alpha value is -2.23. The van der Waals surface area contributed by atoms with E-state index in [9.17, 15) is 14.4 Å². The molecule has 160 valence electrons. The van der Waals surface area contributed by atoms with Crippen molar-refractivity contribution >= 4 is 57.7 Å². The van der Waals surface area contributed by atoms with Crippen LogP contribution in [0.3, 0.4) is 0 Å². The monoisotopic (exact) mass is 469 g/mol. The van der Waals surface area contributed by atoms with Gasteiger partial charge in [-0.25, -0.2) is 9.78 Å². The quantitative estimate of drug-likeness (QED) is 0.536. The topological polar surface area (TPSA) is 90.9 Å². The van der Waals surface area contributed by atoms with Crippen molar-refractivity contribution in [2.24, 2.45) is 14.1 Å². The Kier molecular flexibility index (Phi) is 6.95. The lowest BCUT2D eigenvalue weighted by molar-refractivity contribution is -0.113. The van der Waals surface area contributed by atoms with E-state index in [0.29, 0.717) is 33.6 Å². The van der Waals surface area contributed by atoms with Gasteiger partial charge >= 0.3 is 5.69 Å². The molecule has 3 aromatic rings. The highest BCUT2D eigenvalue weighted by Crippen LogP contribution is 2.30. The van der Waals surface area contributed by atoms with Crippen LogP contribution in [0, 0.1) is 0 Å². The summed E-state index contributed by atoms with van der Waals surface area (Å²) >= 11 is 13.3. The molecule has 0 unspecified atom stereocenters. The summed E-state index contributed by atoms with van der Waals surface area (Å²) in [5, 5.41) is 3.85. The molecule has 8 nitrogen and oxygen atoms in total. The zero-order valence-electron chi connectivity index (χ0n) is 16.7. The van der Waals surface area contributed by atoms with E-state index in [4.69, 9.17) is 23.2 Å². The lowest BCUT2D eigenvalue weighted by Gasteiger charge is -2.10. The number of nitrogens with zero attached hydrogens (tertiary/aromatic N) is 4. The van der Waals surface area contributed by atoms with E-state index in [-0.39, 0.29) is 16.7 Å². The van der Waals surface area contributed by atoms with Gasteiger partial charge in [-0.1, -0.05) is 54.4 Å². The molecule has 0 fully saturated rings. The van der Waals surface area contributed by atoms with E-state index in [1.165, 1.54) is 23.4 Å². The maximum Gasteiger partial charge on any atom is 0.332 e. The lowest BCUT2D eigenvalue weighted by Crippen LogP contribution is -2.37. The highest BCUT2D eigenvalue weighted by molar-refractivity contribution is 7.99. The lowest BCUT2D eigenvalue weighted by atomic mass is 10.3. The van der Waals surface area contributed by atoms with Crippen molar-refractivity contribution in [3.8, 4) is 0 Å². The number of amides is 1. The molecule has 0 saturated heterocycles. The fourth-order valence-electron chi connectivity index (χ4n) is 2.98. The van der Waals surface area contributed by atoms with Gasteiger partial charge in [0, 0.05) is 20.6 Å². The number of hydrogen-bond acceptors (Lipinski definition) is 5. The summed E-state index contributed by atoms with van der Waals surface area (Å²) in [7, 11) is 3.01. The number of aromatic nitrogens is 4. The Labute approximate surface area is 186 Å². The van der Waals surface area contributed by atoms with Gasteiger partial charge in [0.05, 0.1) is 21.5 Å². The first-order valence-corrected chi connectivity index (χ1v) is 11.0. The van der Waals surface area contributed by atoms with Crippen molar-refractivity contribution in [2.75, 3.05) is 11.1 Å². The number of fused-ring (bicyclic) bond motifs is 1. The molecule has 30 heavy (non-hydrogen) atoms. The maximum atomic E-state index is 12.7. The molecule has 0 atom stereocenters. The van der Waals surface area contributed by atoms with Crippen LogP contribution in [0.2, 0.25) is 10.0 Å². The zero-order valence-corrected chi connectivity index (χ0v) is 19.1. The molecule has 0 bridgehead atoms. The van der Waals surface area contributed by atoms with Crippen LogP contribution in [0.25, 0.3) is 11.2 Å². The van der Waals surface area contributed by atoms with Gasteiger partial charge in [0.2, 0.25) is 5.91 Å². The van der Waals surface area contributed by atoms with Crippen molar-refractivity contribution in [3.05, 3.63) is 49.1 Å². The molecule has 2 heterocycles. The number of nitrogens with one attached hydrogen (secondary N) is 1. The van der Waals surface area contributed by atoms with Crippen LogP contribution in [-0.4, -0.2) is 30.3 Å². The number of hydrogen-bond donors (Lipinski definition) is 1. The molecule has 2 aromatic heterocycles. The van der Waals surface area contributed by atoms with Crippen LogP contribution >= 0.6 is 35.0 Å². The number of aryl methyl sites for hydroxylation is 2. The Morgan fingerprint density at radius 2 is 1.93 bits per heavy atom. The summed E-state index contributed by atoms with van der Waals surface area (Å²) in [5.41, 5.74) is 0.232. The van der Waals surface area contributed by atoms with Gasteiger partial charge in [-0.2, -0.15) is 0 Å². The van der Waals surface area contributed by atoms with Crippen molar-refractivity contribution in [1.29, 1.82) is 0 Å². The largest absolute Gasteiger partial charge is 0.332 e. The molecule has 0 aliphatic heterocycles. The van der Waals surface area contributed by atoms with E-state index in [1.807, 2.05) is 6.92 Å². The molecule has 0 radical (unpaired) electrons. The number of carbonyl (C=O) groups excluding carboxylic acids is 1. The second kappa shape index (κ2) is 9.28. The first kappa shape index (κ1) is 22.5.